The summed E-state index contributed by atoms with van der Waals surface area (Å²) >= 11 is 0. The monoisotopic (exact) mass is 630 g/mol. The fraction of sp³-hybridized carbons (Fsp3) is 0.389. The molecule has 0 spiro atoms. The summed E-state index contributed by atoms with van der Waals surface area (Å²) in [6, 6.07) is 22.5. The van der Waals surface area contributed by atoms with E-state index in [1.807, 2.05) is 85.8 Å². The molecule has 4 N–H and O–H groups in total. The van der Waals surface area contributed by atoms with Gasteiger partial charge in [-0.3, -0.25) is 14.4 Å². The van der Waals surface area contributed by atoms with Crippen LogP contribution in [0.1, 0.15) is 63.3 Å². The first-order valence-electron chi connectivity index (χ1n) is 15.6. The van der Waals surface area contributed by atoms with Crippen molar-refractivity contribution in [2.45, 2.75) is 84.7 Å². The zero-order valence-corrected chi connectivity index (χ0v) is 27.4. The van der Waals surface area contributed by atoms with Gasteiger partial charge in [-0.25, -0.2) is 4.79 Å². The van der Waals surface area contributed by atoms with Gasteiger partial charge in [0.05, 0.1) is 6.61 Å². The SMILES string of the molecule is CCOc1ccc(C[C@@H](NC(=O)CC)C(=O)N[C@@H](Cc2ccccc2)C(=O)NCc2ccc(CNC(=O)OC(C)(C)C)cc2)cc1. The molecule has 0 saturated carbocycles. The van der Waals surface area contributed by atoms with Crippen LogP contribution in [0, 0.1) is 0 Å². The summed E-state index contributed by atoms with van der Waals surface area (Å²) in [4.78, 5) is 51.4. The molecule has 46 heavy (non-hydrogen) atoms. The highest BCUT2D eigenvalue weighted by Crippen LogP contribution is 2.14. The maximum Gasteiger partial charge on any atom is 0.407 e. The Balaban J connectivity index is 1.67. The molecule has 246 valence electrons. The van der Waals surface area contributed by atoms with Crippen molar-refractivity contribution in [3.63, 3.8) is 0 Å². The molecule has 4 amide bonds. The third-order valence-corrected chi connectivity index (χ3v) is 6.89. The highest BCUT2D eigenvalue weighted by molar-refractivity contribution is 5.92. The third kappa shape index (κ3) is 12.6. The molecule has 0 unspecified atom stereocenters. The lowest BCUT2D eigenvalue weighted by molar-refractivity contribution is -0.132. The van der Waals surface area contributed by atoms with Gasteiger partial charge in [-0.1, -0.05) is 73.7 Å². The van der Waals surface area contributed by atoms with Crippen molar-refractivity contribution in [1.82, 2.24) is 21.3 Å². The number of nitrogens with one attached hydrogen (secondary N) is 4. The molecule has 0 heterocycles. The molecule has 10 heteroatoms. The van der Waals surface area contributed by atoms with Crippen LogP contribution in [0.2, 0.25) is 0 Å². The smallest absolute Gasteiger partial charge is 0.407 e. The zero-order valence-electron chi connectivity index (χ0n) is 27.4. The maximum atomic E-state index is 13.6. The second kappa shape index (κ2) is 17.6. The van der Waals surface area contributed by atoms with Gasteiger partial charge in [-0.2, -0.15) is 0 Å². The van der Waals surface area contributed by atoms with E-state index in [1.165, 1.54) is 0 Å². The van der Waals surface area contributed by atoms with Crippen molar-refractivity contribution in [3.8, 4) is 5.75 Å². The molecular formula is C36H46N4O6. The van der Waals surface area contributed by atoms with E-state index in [1.54, 1.807) is 27.7 Å². The number of alkyl carbamates (subject to hydrolysis) is 1. The van der Waals surface area contributed by atoms with E-state index in [0.717, 1.165) is 28.0 Å². The molecule has 0 aliphatic heterocycles. The number of hydrogen-bond acceptors (Lipinski definition) is 6. The molecule has 0 saturated heterocycles. The standard InChI is InChI=1S/C36H46N4O6/c1-6-32(41)39-31(22-26-17-19-29(20-18-26)45-7-2)34(43)40-30(21-25-11-9-8-10-12-25)33(42)37-23-27-13-15-28(16-14-27)24-38-35(44)46-36(3,4)5/h8-20,30-31H,6-7,21-24H2,1-5H3,(H,37,42)(H,38,44)(H,39,41)(H,40,43)/t30-,31+/m0/s1. The molecule has 0 aliphatic carbocycles. The van der Waals surface area contributed by atoms with Gasteiger partial charge in [-0.15, -0.1) is 0 Å². The summed E-state index contributed by atoms with van der Waals surface area (Å²) in [7, 11) is 0. The van der Waals surface area contributed by atoms with E-state index in [2.05, 4.69) is 21.3 Å². The average molecular weight is 631 g/mol. The van der Waals surface area contributed by atoms with Crippen molar-refractivity contribution >= 4 is 23.8 Å². The highest BCUT2D eigenvalue weighted by Gasteiger charge is 2.27. The van der Waals surface area contributed by atoms with Gasteiger partial charge in [0.1, 0.15) is 23.4 Å². The van der Waals surface area contributed by atoms with Crippen molar-refractivity contribution in [2.24, 2.45) is 0 Å². The highest BCUT2D eigenvalue weighted by atomic mass is 16.6. The van der Waals surface area contributed by atoms with Crippen molar-refractivity contribution in [1.29, 1.82) is 0 Å². The van der Waals surface area contributed by atoms with E-state index in [4.69, 9.17) is 9.47 Å². The number of ether oxygens (including phenoxy) is 2. The number of carbonyl (C=O) groups is 4. The summed E-state index contributed by atoms with van der Waals surface area (Å²) in [6.07, 6.45) is 0.243. The van der Waals surface area contributed by atoms with Crippen LogP contribution >= 0.6 is 0 Å². The Morgan fingerprint density at radius 3 is 1.72 bits per heavy atom. The molecule has 0 aromatic heterocycles. The van der Waals surface area contributed by atoms with Crippen LogP contribution in [0.5, 0.6) is 5.75 Å². The Kier molecular flexibility index (Phi) is 13.6. The lowest BCUT2D eigenvalue weighted by Crippen LogP contribution is -2.55. The molecule has 10 nitrogen and oxygen atoms in total. The summed E-state index contributed by atoms with van der Waals surface area (Å²) in [6.45, 7) is 10.1. The number of carbonyl (C=O) groups excluding carboxylic acids is 4. The van der Waals surface area contributed by atoms with E-state index in [0.29, 0.717) is 13.2 Å². The molecule has 0 radical (unpaired) electrons. The van der Waals surface area contributed by atoms with Gasteiger partial charge in [0.15, 0.2) is 0 Å². The van der Waals surface area contributed by atoms with Gasteiger partial charge in [0.25, 0.3) is 0 Å². The van der Waals surface area contributed by atoms with Gasteiger partial charge in [0.2, 0.25) is 17.7 Å². The minimum Gasteiger partial charge on any atom is -0.494 e. The molecule has 3 rings (SSSR count). The Morgan fingerprint density at radius 1 is 0.652 bits per heavy atom. The molecule has 0 aliphatic rings. The Bertz CT molecular complexity index is 1420. The fourth-order valence-corrected chi connectivity index (χ4v) is 4.54. The Hall–Kier alpha value is -4.86. The maximum absolute atomic E-state index is 13.6. The first-order valence-corrected chi connectivity index (χ1v) is 15.6. The Morgan fingerprint density at radius 2 is 1.17 bits per heavy atom. The van der Waals surface area contributed by atoms with E-state index in [-0.39, 0.29) is 37.6 Å². The molecule has 3 aromatic carbocycles. The van der Waals surface area contributed by atoms with E-state index in [9.17, 15) is 19.2 Å². The van der Waals surface area contributed by atoms with Gasteiger partial charge in [-0.05, 0) is 62.1 Å². The van der Waals surface area contributed by atoms with Crippen molar-refractivity contribution < 1.29 is 28.7 Å². The van der Waals surface area contributed by atoms with Crippen molar-refractivity contribution in [3.05, 3.63) is 101 Å². The largest absolute Gasteiger partial charge is 0.494 e. The number of benzene rings is 3. The molecule has 0 bridgehead atoms. The summed E-state index contributed by atoms with van der Waals surface area (Å²) < 4.78 is 10.8. The Labute approximate surface area is 271 Å². The van der Waals surface area contributed by atoms with Crippen LogP contribution in [-0.2, 0) is 45.1 Å². The second-order valence-electron chi connectivity index (χ2n) is 11.9. The predicted octanol–water partition coefficient (Wildman–Crippen LogP) is 4.59. The first-order chi connectivity index (χ1) is 22.0. The first kappa shape index (κ1) is 35.6. The lowest BCUT2D eigenvalue weighted by atomic mass is 10.0. The van der Waals surface area contributed by atoms with Gasteiger partial charge >= 0.3 is 6.09 Å². The summed E-state index contributed by atoms with van der Waals surface area (Å²) in [5.41, 5.74) is 2.87. The predicted molar refractivity (Wildman–Crippen MR) is 177 cm³/mol. The minimum absolute atomic E-state index is 0.219. The third-order valence-electron chi connectivity index (χ3n) is 6.89. The fourth-order valence-electron chi connectivity index (χ4n) is 4.54. The second-order valence-corrected chi connectivity index (χ2v) is 11.9. The van der Waals surface area contributed by atoms with Crippen LogP contribution in [-0.4, -0.2) is 48.1 Å². The molecule has 2 atom stereocenters. The van der Waals surface area contributed by atoms with Gasteiger partial charge < -0.3 is 30.7 Å². The average Bonchev–Trinajstić information content (AvgIpc) is 3.03. The van der Waals surface area contributed by atoms with Crippen LogP contribution in [0.15, 0.2) is 78.9 Å². The normalized spacial score (nSPS) is 12.3. The summed E-state index contributed by atoms with van der Waals surface area (Å²) in [5, 5.41) is 11.4. The number of amides is 4. The van der Waals surface area contributed by atoms with E-state index < -0.39 is 29.7 Å². The van der Waals surface area contributed by atoms with Gasteiger partial charge in [0, 0.05) is 32.4 Å². The quantitative estimate of drug-likeness (QED) is 0.194. The molecular weight excluding hydrogens is 584 g/mol. The molecule has 3 aromatic rings. The van der Waals surface area contributed by atoms with Crippen LogP contribution in [0.3, 0.4) is 0 Å². The minimum atomic E-state index is -0.881. The lowest BCUT2D eigenvalue weighted by Gasteiger charge is -2.23. The van der Waals surface area contributed by atoms with Crippen LogP contribution < -0.4 is 26.0 Å². The van der Waals surface area contributed by atoms with Crippen LogP contribution in [0.4, 0.5) is 4.79 Å². The topological polar surface area (TPSA) is 135 Å². The van der Waals surface area contributed by atoms with Crippen molar-refractivity contribution in [2.75, 3.05) is 6.61 Å². The number of hydrogen-bond donors (Lipinski definition) is 4. The number of rotatable bonds is 15. The van der Waals surface area contributed by atoms with Crippen LogP contribution in [0.25, 0.3) is 0 Å². The zero-order chi connectivity index (χ0) is 33.5. The van der Waals surface area contributed by atoms with E-state index >= 15 is 0 Å². The molecule has 0 fully saturated rings. The summed E-state index contributed by atoms with van der Waals surface area (Å²) in [5.74, 6) is -0.348.